The summed E-state index contributed by atoms with van der Waals surface area (Å²) >= 11 is 0. The number of rotatable bonds is 4. The third-order valence-corrected chi connectivity index (χ3v) is 4.47. The van der Waals surface area contributed by atoms with Crippen molar-refractivity contribution in [1.29, 1.82) is 0 Å². The van der Waals surface area contributed by atoms with Crippen LogP contribution < -0.4 is 0 Å². The molecule has 0 fully saturated rings. The number of aliphatic hydroxyl groups excluding tert-OH is 1. The van der Waals surface area contributed by atoms with E-state index in [1.807, 2.05) is 13.0 Å². The Morgan fingerprint density at radius 3 is 1.88 bits per heavy atom. The van der Waals surface area contributed by atoms with Crippen LogP contribution in [0.1, 0.15) is 36.1 Å². The van der Waals surface area contributed by atoms with Crippen molar-refractivity contribution in [1.82, 2.24) is 0 Å². The first-order chi connectivity index (χ1) is 11.6. The predicted molar refractivity (Wildman–Crippen MR) is 102 cm³/mol. The summed E-state index contributed by atoms with van der Waals surface area (Å²) < 4.78 is 0. The molecule has 0 aliphatic heterocycles. The maximum absolute atomic E-state index is 10.3. The second kappa shape index (κ2) is 7.02. The van der Waals surface area contributed by atoms with Gasteiger partial charge in [0, 0.05) is 0 Å². The van der Waals surface area contributed by atoms with Crippen molar-refractivity contribution in [2.24, 2.45) is 0 Å². The summed E-state index contributed by atoms with van der Waals surface area (Å²) in [5.74, 6) is 0. The molecule has 0 saturated carbocycles. The van der Waals surface area contributed by atoms with Gasteiger partial charge in [-0.1, -0.05) is 78.7 Å². The fraction of sp³-hybridized carbons (Fsp3) is 0.217. The molecule has 0 radical (unpaired) electrons. The molecule has 0 aromatic heterocycles. The molecule has 0 spiro atoms. The lowest BCUT2D eigenvalue weighted by molar-refractivity contribution is 0.174. The van der Waals surface area contributed by atoms with Gasteiger partial charge in [0.15, 0.2) is 0 Å². The monoisotopic (exact) mass is 316 g/mol. The Hall–Kier alpha value is -2.38. The van der Waals surface area contributed by atoms with E-state index in [1.165, 1.54) is 33.4 Å². The fourth-order valence-corrected chi connectivity index (χ4v) is 3.12. The largest absolute Gasteiger partial charge is 0.388 e. The third kappa shape index (κ3) is 3.42. The summed E-state index contributed by atoms with van der Waals surface area (Å²) in [7, 11) is 0. The lowest BCUT2D eigenvalue weighted by Crippen LogP contribution is -1.97. The van der Waals surface area contributed by atoms with Gasteiger partial charge in [0.1, 0.15) is 0 Å². The molecule has 1 N–H and O–H groups in total. The van der Waals surface area contributed by atoms with Gasteiger partial charge >= 0.3 is 0 Å². The van der Waals surface area contributed by atoms with E-state index in [-0.39, 0.29) is 0 Å². The highest BCUT2D eigenvalue weighted by atomic mass is 16.3. The van der Waals surface area contributed by atoms with Gasteiger partial charge in [-0.05, 0) is 54.2 Å². The SMILES string of the molecule is CC[C@H](O)c1ccc(-c2cccc(C)c2)c(-c2cccc(C)c2)c1. The van der Waals surface area contributed by atoms with Crippen LogP contribution in [0.3, 0.4) is 0 Å². The molecule has 3 aromatic rings. The Labute approximate surface area is 144 Å². The van der Waals surface area contributed by atoms with Crippen LogP contribution in [0.15, 0.2) is 66.7 Å². The molecule has 24 heavy (non-hydrogen) atoms. The quantitative estimate of drug-likeness (QED) is 0.618. The number of hydrogen-bond acceptors (Lipinski definition) is 1. The van der Waals surface area contributed by atoms with Crippen molar-refractivity contribution in [3.63, 3.8) is 0 Å². The van der Waals surface area contributed by atoms with Crippen LogP contribution in [0.5, 0.6) is 0 Å². The predicted octanol–water partition coefficient (Wildman–Crippen LogP) is 6.08. The van der Waals surface area contributed by atoms with E-state index in [2.05, 4.69) is 74.5 Å². The van der Waals surface area contributed by atoms with Crippen LogP contribution in [0.4, 0.5) is 0 Å². The zero-order chi connectivity index (χ0) is 17.1. The highest BCUT2D eigenvalue weighted by molar-refractivity contribution is 5.84. The van der Waals surface area contributed by atoms with E-state index in [0.717, 1.165) is 12.0 Å². The molecule has 0 bridgehead atoms. The van der Waals surface area contributed by atoms with Gasteiger partial charge in [-0.3, -0.25) is 0 Å². The molecule has 0 aliphatic rings. The van der Waals surface area contributed by atoms with E-state index in [0.29, 0.717) is 0 Å². The van der Waals surface area contributed by atoms with Gasteiger partial charge in [0.2, 0.25) is 0 Å². The topological polar surface area (TPSA) is 20.2 Å². The first-order valence-electron chi connectivity index (χ1n) is 8.54. The zero-order valence-electron chi connectivity index (χ0n) is 14.6. The maximum Gasteiger partial charge on any atom is 0.0787 e. The van der Waals surface area contributed by atoms with E-state index < -0.39 is 6.10 Å². The molecule has 0 unspecified atom stereocenters. The van der Waals surface area contributed by atoms with Crippen LogP contribution in [0, 0.1) is 13.8 Å². The molecule has 0 aliphatic carbocycles. The summed E-state index contributed by atoms with van der Waals surface area (Å²) in [4.78, 5) is 0. The van der Waals surface area contributed by atoms with Gasteiger partial charge < -0.3 is 5.11 Å². The molecule has 3 rings (SSSR count). The van der Waals surface area contributed by atoms with E-state index >= 15 is 0 Å². The minimum absolute atomic E-state index is 0.417. The molecule has 3 aromatic carbocycles. The van der Waals surface area contributed by atoms with Crippen molar-refractivity contribution in [3.8, 4) is 22.3 Å². The Bertz CT molecular complexity index is 848. The van der Waals surface area contributed by atoms with Gasteiger partial charge in [0.05, 0.1) is 6.10 Å². The van der Waals surface area contributed by atoms with Crippen molar-refractivity contribution in [2.75, 3.05) is 0 Å². The van der Waals surface area contributed by atoms with Crippen molar-refractivity contribution >= 4 is 0 Å². The first-order valence-corrected chi connectivity index (χ1v) is 8.54. The molecule has 122 valence electrons. The molecular formula is C23H24O. The highest BCUT2D eigenvalue weighted by Crippen LogP contribution is 2.35. The van der Waals surface area contributed by atoms with Crippen molar-refractivity contribution in [3.05, 3.63) is 83.4 Å². The number of benzene rings is 3. The molecule has 1 atom stereocenters. The standard InChI is InChI=1S/C23H24O/c1-4-23(24)20-11-12-21(18-9-5-7-16(2)13-18)22(15-20)19-10-6-8-17(3)14-19/h5-15,23-24H,4H2,1-3H3/t23-/m0/s1. The van der Waals surface area contributed by atoms with E-state index in [1.54, 1.807) is 0 Å². The molecular weight excluding hydrogens is 292 g/mol. The van der Waals surface area contributed by atoms with Crippen LogP contribution in [-0.2, 0) is 0 Å². The van der Waals surface area contributed by atoms with E-state index in [4.69, 9.17) is 0 Å². The van der Waals surface area contributed by atoms with Gasteiger partial charge in [-0.25, -0.2) is 0 Å². The highest BCUT2D eigenvalue weighted by Gasteiger charge is 2.12. The third-order valence-electron chi connectivity index (χ3n) is 4.47. The van der Waals surface area contributed by atoms with E-state index in [9.17, 15) is 5.11 Å². The van der Waals surface area contributed by atoms with Crippen molar-refractivity contribution in [2.45, 2.75) is 33.3 Å². The summed E-state index contributed by atoms with van der Waals surface area (Å²) in [5.41, 5.74) is 8.25. The zero-order valence-corrected chi connectivity index (χ0v) is 14.6. The minimum atomic E-state index is -0.417. The summed E-state index contributed by atoms with van der Waals surface area (Å²) in [6.45, 7) is 6.23. The molecule has 1 heteroatoms. The molecule has 0 saturated heterocycles. The van der Waals surface area contributed by atoms with Crippen LogP contribution in [-0.4, -0.2) is 5.11 Å². The molecule has 0 amide bonds. The average Bonchev–Trinajstić information content (AvgIpc) is 2.60. The lowest BCUT2D eigenvalue weighted by atomic mass is 9.90. The Morgan fingerprint density at radius 1 is 0.750 bits per heavy atom. The van der Waals surface area contributed by atoms with Gasteiger partial charge in [-0.15, -0.1) is 0 Å². The van der Waals surface area contributed by atoms with Crippen LogP contribution in [0.25, 0.3) is 22.3 Å². The Balaban J connectivity index is 2.21. The Morgan fingerprint density at radius 2 is 1.33 bits per heavy atom. The second-order valence-electron chi connectivity index (χ2n) is 6.47. The maximum atomic E-state index is 10.3. The van der Waals surface area contributed by atoms with Crippen LogP contribution in [0.2, 0.25) is 0 Å². The normalized spacial score (nSPS) is 12.2. The smallest absolute Gasteiger partial charge is 0.0787 e. The average molecular weight is 316 g/mol. The van der Waals surface area contributed by atoms with Crippen LogP contribution >= 0.6 is 0 Å². The number of aryl methyl sites for hydroxylation is 2. The fourth-order valence-electron chi connectivity index (χ4n) is 3.12. The summed E-state index contributed by atoms with van der Waals surface area (Å²) in [6.07, 6.45) is 0.303. The first kappa shape index (κ1) is 16.5. The molecule has 0 heterocycles. The second-order valence-corrected chi connectivity index (χ2v) is 6.47. The van der Waals surface area contributed by atoms with Gasteiger partial charge in [0.25, 0.3) is 0 Å². The summed E-state index contributed by atoms with van der Waals surface area (Å²) in [6, 6.07) is 23.5. The molecule has 1 nitrogen and oxygen atoms in total. The van der Waals surface area contributed by atoms with Crippen molar-refractivity contribution < 1.29 is 5.11 Å². The minimum Gasteiger partial charge on any atom is -0.388 e. The van der Waals surface area contributed by atoms with Gasteiger partial charge in [-0.2, -0.15) is 0 Å². The number of aliphatic hydroxyl groups is 1. The summed E-state index contributed by atoms with van der Waals surface area (Å²) in [5, 5.41) is 10.3. The Kier molecular flexibility index (Phi) is 4.82. The number of hydrogen-bond donors (Lipinski definition) is 1. The lowest BCUT2D eigenvalue weighted by Gasteiger charge is -2.16.